The summed E-state index contributed by atoms with van der Waals surface area (Å²) in [5, 5.41) is 3.40. The fourth-order valence-corrected chi connectivity index (χ4v) is 2.34. The molecule has 3 heteroatoms. The third-order valence-electron chi connectivity index (χ3n) is 3.11. The van der Waals surface area contributed by atoms with Crippen LogP contribution in [0.15, 0.2) is 24.3 Å². The Morgan fingerprint density at radius 2 is 2.00 bits per heavy atom. The van der Waals surface area contributed by atoms with Gasteiger partial charge >= 0.3 is 5.97 Å². The lowest BCUT2D eigenvalue weighted by Gasteiger charge is -2.31. The Balaban J connectivity index is 2.99. The summed E-state index contributed by atoms with van der Waals surface area (Å²) < 4.78 is 5.07. The molecule has 0 aliphatic carbocycles. The molecule has 0 saturated heterocycles. The molecule has 0 bridgehead atoms. The van der Waals surface area contributed by atoms with E-state index in [0.717, 1.165) is 12.1 Å². The van der Waals surface area contributed by atoms with Crippen molar-refractivity contribution in [2.75, 3.05) is 13.2 Å². The zero-order valence-corrected chi connectivity index (χ0v) is 11.7. The number of hydrogen-bond donors (Lipinski definition) is 1. The summed E-state index contributed by atoms with van der Waals surface area (Å²) in [5.74, 6) is -0.163. The van der Waals surface area contributed by atoms with Crippen LogP contribution in [0.25, 0.3) is 0 Å². The topological polar surface area (TPSA) is 38.3 Å². The van der Waals surface area contributed by atoms with E-state index < -0.39 is 0 Å². The highest BCUT2D eigenvalue weighted by Crippen LogP contribution is 2.27. The molecule has 0 saturated carbocycles. The van der Waals surface area contributed by atoms with E-state index in [1.807, 2.05) is 26.0 Å². The Kier molecular flexibility index (Phi) is 5.35. The van der Waals surface area contributed by atoms with E-state index in [-0.39, 0.29) is 11.5 Å². The lowest BCUT2D eigenvalue weighted by Crippen LogP contribution is -2.42. The van der Waals surface area contributed by atoms with Gasteiger partial charge in [-0.1, -0.05) is 31.2 Å². The van der Waals surface area contributed by atoms with Crippen molar-refractivity contribution in [2.45, 2.75) is 39.7 Å². The normalized spacial score (nSPS) is 14.0. The monoisotopic (exact) mass is 249 g/mol. The molecule has 1 atom stereocenters. The SMILES string of the molecule is CCNC(C)(CC(=O)OCC)c1ccccc1C. The Labute approximate surface area is 110 Å². The minimum atomic E-state index is -0.369. The molecule has 1 N–H and O–H groups in total. The number of esters is 1. The minimum Gasteiger partial charge on any atom is -0.466 e. The van der Waals surface area contributed by atoms with Gasteiger partial charge in [0.15, 0.2) is 0 Å². The quantitative estimate of drug-likeness (QED) is 0.788. The highest BCUT2D eigenvalue weighted by Gasteiger charge is 2.30. The van der Waals surface area contributed by atoms with Gasteiger partial charge in [0.05, 0.1) is 18.6 Å². The van der Waals surface area contributed by atoms with Gasteiger partial charge in [0.2, 0.25) is 0 Å². The molecule has 0 spiro atoms. The van der Waals surface area contributed by atoms with E-state index >= 15 is 0 Å². The van der Waals surface area contributed by atoms with Crippen molar-refractivity contribution in [1.29, 1.82) is 0 Å². The lowest BCUT2D eigenvalue weighted by atomic mass is 9.85. The minimum absolute atomic E-state index is 0.163. The summed E-state index contributed by atoms with van der Waals surface area (Å²) in [6, 6.07) is 8.14. The summed E-state index contributed by atoms with van der Waals surface area (Å²) in [4.78, 5) is 11.8. The number of ether oxygens (including phenoxy) is 1. The van der Waals surface area contributed by atoms with Crippen LogP contribution in [0, 0.1) is 6.92 Å². The molecule has 18 heavy (non-hydrogen) atoms. The summed E-state index contributed by atoms with van der Waals surface area (Å²) in [6.07, 6.45) is 0.347. The van der Waals surface area contributed by atoms with Crippen LogP contribution in [0.2, 0.25) is 0 Å². The number of nitrogens with one attached hydrogen (secondary N) is 1. The number of rotatable bonds is 6. The predicted octanol–water partition coefficient (Wildman–Crippen LogP) is 2.77. The summed E-state index contributed by atoms with van der Waals surface area (Å²) in [5.41, 5.74) is 1.97. The van der Waals surface area contributed by atoms with Gasteiger partial charge in [-0.3, -0.25) is 4.79 Å². The van der Waals surface area contributed by atoms with E-state index in [9.17, 15) is 4.79 Å². The van der Waals surface area contributed by atoms with E-state index in [1.165, 1.54) is 5.56 Å². The van der Waals surface area contributed by atoms with Gasteiger partial charge in [-0.05, 0) is 38.4 Å². The number of carbonyl (C=O) groups is 1. The molecular weight excluding hydrogens is 226 g/mol. The molecule has 0 amide bonds. The van der Waals surface area contributed by atoms with Crippen molar-refractivity contribution in [3.63, 3.8) is 0 Å². The standard InChI is InChI=1S/C15H23NO2/c1-5-16-15(4,11-14(17)18-6-2)13-10-8-7-9-12(13)3/h7-10,16H,5-6,11H2,1-4H3. The third kappa shape index (κ3) is 3.57. The second kappa shape index (κ2) is 6.55. The first kappa shape index (κ1) is 14.7. The molecule has 0 fully saturated rings. The Bertz CT molecular complexity index is 403. The van der Waals surface area contributed by atoms with Gasteiger partial charge < -0.3 is 10.1 Å². The molecule has 0 radical (unpaired) electrons. The van der Waals surface area contributed by atoms with E-state index in [1.54, 1.807) is 0 Å². The largest absolute Gasteiger partial charge is 0.466 e. The highest BCUT2D eigenvalue weighted by molar-refractivity contribution is 5.71. The van der Waals surface area contributed by atoms with Crippen molar-refractivity contribution in [1.82, 2.24) is 5.32 Å². The first-order valence-electron chi connectivity index (χ1n) is 6.50. The van der Waals surface area contributed by atoms with Gasteiger partial charge in [-0.25, -0.2) is 0 Å². The van der Waals surface area contributed by atoms with Gasteiger partial charge in [-0.2, -0.15) is 0 Å². The van der Waals surface area contributed by atoms with Gasteiger partial charge in [0.1, 0.15) is 0 Å². The second-order valence-electron chi connectivity index (χ2n) is 4.66. The van der Waals surface area contributed by atoms with E-state index in [2.05, 4.69) is 31.3 Å². The number of aryl methyl sites for hydroxylation is 1. The molecular formula is C15H23NO2. The molecule has 0 aromatic heterocycles. The fraction of sp³-hybridized carbons (Fsp3) is 0.533. The van der Waals surface area contributed by atoms with Crippen LogP contribution in [-0.4, -0.2) is 19.1 Å². The molecule has 0 heterocycles. The number of carbonyl (C=O) groups excluding carboxylic acids is 1. The van der Waals surface area contributed by atoms with E-state index in [4.69, 9.17) is 4.74 Å². The van der Waals surface area contributed by atoms with Crippen molar-refractivity contribution in [2.24, 2.45) is 0 Å². The predicted molar refractivity (Wildman–Crippen MR) is 73.5 cm³/mol. The Hall–Kier alpha value is -1.35. The molecule has 1 aromatic rings. The lowest BCUT2D eigenvalue weighted by molar-refractivity contribution is -0.144. The average Bonchev–Trinajstić information content (AvgIpc) is 2.29. The highest BCUT2D eigenvalue weighted by atomic mass is 16.5. The third-order valence-corrected chi connectivity index (χ3v) is 3.11. The van der Waals surface area contributed by atoms with Crippen LogP contribution in [-0.2, 0) is 15.1 Å². The molecule has 1 aromatic carbocycles. The maximum absolute atomic E-state index is 11.8. The summed E-state index contributed by atoms with van der Waals surface area (Å²) in [7, 11) is 0. The van der Waals surface area contributed by atoms with Crippen molar-refractivity contribution in [3.8, 4) is 0 Å². The van der Waals surface area contributed by atoms with Gasteiger partial charge in [-0.15, -0.1) is 0 Å². The van der Waals surface area contributed by atoms with Crippen LogP contribution in [0.1, 0.15) is 38.3 Å². The van der Waals surface area contributed by atoms with Gasteiger partial charge in [0, 0.05) is 0 Å². The molecule has 0 aliphatic heterocycles. The average molecular weight is 249 g/mol. The smallest absolute Gasteiger partial charge is 0.307 e. The molecule has 3 nitrogen and oxygen atoms in total. The zero-order valence-electron chi connectivity index (χ0n) is 11.7. The van der Waals surface area contributed by atoms with Crippen LogP contribution >= 0.6 is 0 Å². The first-order valence-corrected chi connectivity index (χ1v) is 6.50. The summed E-state index contributed by atoms with van der Waals surface area (Å²) in [6.45, 7) is 9.23. The molecule has 0 aliphatic rings. The van der Waals surface area contributed by atoms with E-state index in [0.29, 0.717) is 13.0 Å². The Morgan fingerprint density at radius 3 is 2.56 bits per heavy atom. The zero-order chi connectivity index (χ0) is 13.6. The van der Waals surface area contributed by atoms with Crippen molar-refractivity contribution in [3.05, 3.63) is 35.4 Å². The van der Waals surface area contributed by atoms with Crippen LogP contribution < -0.4 is 5.32 Å². The fourth-order valence-electron chi connectivity index (χ4n) is 2.34. The molecule has 100 valence electrons. The van der Waals surface area contributed by atoms with Gasteiger partial charge in [0.25, 0.3) is 0 Å². The molecule has 1 rings (SSSR count). The number of benzene rings is 1. The number of hydrogen-bond acceptors (Lipinski definition) is 3. The maximum atomic E-state index is 11.8. The van der Waals surface area contributed by atoms with Crippen LogP contribution in [0.3, 0.4) is 0 Å². The summed E-state index contributed by atoms with van der Waals surface area (Å²) >= 11 is 0. The van der Waals surface area contributed by atoms with Crippen LogP contribution in [0.5, 0.6) is 0 Å². The maximum Gasteiger partial charge on any atom is 0.307 e. The van der Waals surface area contributed by atoms with Crippen LogP contribution in [0.4, 0.5) is 0 Å². The van der Waals surface area contributed by atoms with Crippen molar-refractivity contribution < 1.29 is 9.53 Å². The first-order chi connectivity index (χ1) is 8.53. The molecule has 1 unspecified atom stereocenters. The van der Waals surface area contributed by atoms with Crippen molar-refractivity contribution >= 4 is 5.97 Å². The Morgan fingerprint density at radius 1 is 1.33 bits per heavy atom. The second-order valence-corrected chi connectivity index (χ2v) is 4.66.